The van der Waals surface area contributed by atoms with Crippen LogP contribution in [0.4, 0.5) is 4.79 Å². The number of carboxylic acids is 1. The van der Waals surface area contributed by atoms with Crippen molar-refractivity contribution in [1.29, 1.82) is 0 Å². The molecule has 0 atom stereocenters. The molecule has 0 bridgehead atoms. The topological polar surface area (TPSA) is 99.8 Å². The predicted octanol–water partition coefficient (Wildman–Crippen LogP) is 0.120. The molecule has 1 aromatic heterocycles. The molecular weight excluding hydrogens is 240 g/mol. The van der Waals surface area contributed by atoms with Gasteiger partial charge in [0.05, 0.1) is 12.1 Å². The molecule has 2 heterocycles. The first kappa shape index (κ1) is 12.2. The summed E-state index contributed by atoms with van der Waals surface area (Å²) in [5.74, 6) is -1.16. The summed E-state index contributed by atoms with van der Waals surface area (Å²) < 4.78 is 1.22. The van der Waals surface area contributed by atoms with Crippen LogP contribution in [-0.4, -0.2) is 38.3 Å². The van der Waals surface area contributed by atoms with Crippen LogP contribution >= 0.6 is 0 Å². The quantitative estimate of drug-likeness (QED) is 0.739. The number of fused-ring (bicyclic) bond motifs is 1. The summed E-state index contributed by atoms with van der Waals surface area (Å²) in [6, 6.07) is 0. The van der Waals surface area contributed by atoms with Crippen molar-refractivity contribution in [1.82, 2.24) is 9.47 Å². The Balaban J connectivity index is 2.61. The van der Waals surface area contributed by atoms with Gasteiger partial charge in [0, 0.05) is 25.4 Å². The van der Waals surface area contributed by atoms with Gasteiger partial charge >= 0.3 is 12.1 Å². The maximum absolute atomic E-state index is 11.9. The Hall–Kier alpha value is -2.31. The Kier molecular flexibility index (Phi) is 2.82. The van der Waals surface area contributed by atoms with E-state index in [-0.39, 0.29) is 30.6 Å². The lowest BCUT2D eigenvalue weighted by Gasteiger charge is -2.27. The summed E-state index contributed by atoms with van der Waals surface area (Å²) in [6.45, 7) is 0.156. The number of amides is 1. The Bertz CT molecular complexity index is 590. The number of carbonyl (C=O) groups is 2. The van der Waals surface area contributed by atoms with Gasteiger partial charge in [-0.15, -0.1) is 0 Å². The zero-order valence-corrected chi connectivity index (χ0v) is 9.71. The minimum Gasteiger partial charge on any atom is -0.478 e. The SMILES string of the molecule is Cn1cc(C(=O)O)c2c(c1=O)CCN(C(=O)O)C2. The van der Waals surface area contributed by atoms with Crippen molar-refractivity contribution >= 4 is 12.1 Å². The molecule has 18 heavy (non-hydrogen) atoms. The number of nitrogens with zero attached hydrogens (tertiary/aromatic N) is 2. The van der Waals surface area contributed by atoms with Crippen molar-refractivity contribution in [3.05, 3.63) is 33.2 Å². The van der Waals surface area contributed by atoms with Crippen LogP contribution in [0.5, 0.6) is 0 Å². The van der Waals surface area contributed by atoms with E-state index in [9.17, 15) is 14.4 Å². The smallest absolute Gasteiger partial charge is 0.407 e. The average Bonchev–Trinajstić information content (AvgIpc) is 2.32. The molecule has 0 saturated carbocycles. The molecule has 2 N–H and O–H groups in total. The lowest BCUT2D eigenvalue weighted by atomic mass is 9.97. The second-order valence-corrected chi connectivity index (χ2v) is 4.18. The molecule has 0 radical (unpaired) electrons. The number of aromatic nitrogens is 1. The van der Waals surface area contributed by atoms with Gasteiger partial charge in [-0.2, -0.15) is 0 Å². The zero-order chi connectivity index (χ0) is 13.4. The molecule has 0 saturated heterocycles. The van der Waals surface area contributed by atoms with Gasteiger partial charge in [-0.1, -0.05) is 0 Å². The van der Waals surface area contributed by atoms with Crippen LogP contribution in [0.3, 0.4) is 0 Å². The van der Waals surface area contributed by atoms with Gasteiger partial charge in [-0.05, 0) is 12.0 Å². The third-order valence-corrected chi connectivity index (χ3v) is 3.07. The zero-order valence-electron chi connectivity index (χ0n) is 9.71. The van der Waals surface area contributed by atoms with Gasteiger partial charge in [-0.3, -0.25) is 4.79 Å². The molecule has 1 aliphatic heterocycles. The second kappa shape index (κ2) is 4.17. The number of rotatable bonds is 1. The van der Waals surface area contributed by atoms with Crippen molar-refractivity contribution in [2.75, 3.05) is 6.54 Å². The van der Waals surface area contributed by atoms with Crippen molar-refractivity contribution in [3.8, 4) is 0 Å². The van der Waals surface area contributed by atoms with Crippen LogP contribution in [0.25, 0.3) is 0 Å². The standard InChI is InChI=1S/C11H12N2O5/c1-12-4-8(10(15)16)7-5-13(11(17)18)3-2-6(7)9(12)14/h4H,2-3,5H2,1H3,(H,15,16)(H,17,18). The van der Waals surface area contributed by atoms with Crippen LogP contribution in [0.15, 0.2) is 11.0 Å². The summed E-state index contributed by atoms with van der Waals surface area (Å²) >= 11 is 0. The first-order chi connectivity index (χ1) is 8.41. The first-order valence-corrected chi connectivity index (χ1v) is 5.34. The molecule has 2 rings (SSSR count). The minimum atomic E-state index is -1.16. The van der Waals surface area contributed by atoms with E-state index in [2.05, 4.69) is 0 Å². The number of hydrogen-bond donors (Lipinski definition) is 2. The van der Waals surface area contributed by atoms with E-state index in [1.165, 1.54) is 17.8 Å². The van der Waals surface area contributed by atoms with E-state index < -0.39 is 12.1 Å². The average molecular weight is 252 g/mol. The van der Waals surface area contributed by atoms with Gasteiger partial charge in [0.1, 0.15) is 0 Å². The second-order valence-electron chi connectivity index (χ2n) is 4.18. The van der Waals surface area contributed by atoms with Crippen LogP contribution in [0.1, 0.15) is 21.5 Å². The summed E-state index contributed by atoms with van der Waals surface area (Å²) in [5, 5.41) is 18.0. The van der Waals surface area contributed by atoms with E-state index in [1.807, 2.05) is 0 Å². The highest BCUT2D eigenvalue weighted by molar-refractivity contribution is 5.89. The molecule has 96 valence electrons. The van der Waals surface area contributed by atoms with E-state index >= 15 is 0 Å². The summed E-state index contributed by atoms with van der Waals surface area (Å²) in [6.07, 6.45) is 0.363. The lowest BCUT2D eigenvalue weighted by molar-refractivity contribution is 0.0691. The highest BCUT2D eigenvalue weighted by Crippen LogP contribution is 2.20. The third-order valence-electron chi connectivity index (χ3n) is 3.07. The maximum atomic E-state index is 11.9. The van der Waals surface area contributed by atoms with Gasteiger partial charge in [0.15, 0.2) is 0 Å². The van der Waals surface area contributed by atoms with Crippen molar-refractivity contribution < 1.29 is 19.8 Å². The molecule has 0 unspecified atom stereocenters. The molecule has 7 nitrogen and oxygen atoms in total. The Morgan fingerprint density at radius 1 is 1.28 bits per heavy atom. The molecule has 1 amide bonds. The van der Waals surface area contributed by atoms with Gasteiger partial charge in [-0.25, -0.2) is 9.59 Å². The van der Waals surface area contributed by atoms with Crippen LogP contribution < -0.4 is 5.56 Å². The lowest BCUT2D eigenvalue weighted by Crippen LogP contribution is -2.39. The summed E-state index contributed by atoms with van der Waals surface area (Å²) in [7, 11) is 1.48. The molecule has 0 aliphatic carbocycles. The summed E-state index contributed by atoms with van der Waals surface area (Å²) in [5.41, 5.74) is 0.423. The van der Waals surface area contributed by atoms with Gasteiger partial charge in [0.2, 0.25) is 0 Å². The third kappa shape index (κ3) is 1.83. The van der Waals surface area contributed by atoms with Crippen molar-refractivity contribution in [3.63, 3.8) is 0 Å². The Labute approximate surface area is 102 Å². The maximum Gasteiger partial charge on any atom is 0.407 e. The highest BCUT2D eigenvalue weighted by Gasteiger charge is 2.27. The molecule has 1 aliphatic rings. The van der Waals surface area contributed by atoms with Crippen LogP contribution in [0.2, 0.25) is 0 Å². The first-order valence-electron chi connectivity index (χ1n) is 5.34. The molecule has 1 aromatic rings. The normalized spacial score (nSPS) is 14.2. The van der Waals surface area contributed by atoms with Crippen LogP contribution in [0, 0.1) is 0 Å². The Morgan fingerprint density at radius 2 is 1.94 bits per heavy atom. The number of aromatic carboxylic acids is 1. The predicted molar refractivity (Wildman–Crippen MR) is 60.8 cm³/mol. The highest BCUT2D eigenvalue weighted by atomic mass is 16.4. The summed E-state index contributed by atoms with van der Waals surface area (Å²) in [4.78, 5) is 35.0. The monoisotopic (exact) mass is 252 g/mol. The fraction of sp³-hybridized carbons (Fsp3) is 0.364. The fourth-order valence-electron chi connectivity index (χ4n) is 2.14. The fourth-order valence-corrected chi connectivity index (χ4v) is 2.14. The number of aryl methyl sites for hydroxylation is 1. The molecule has 0 fully saturated rings. The van der Waals surface area contributed by atoms with Crippen molar-refractivity contribution in [2.45, 2.75) is 13.0 Å². The van der Waals surface area contributed by atoms with Crippen LogP contribution in [-0.2, 0) is 20.0 Å². The number of pyridine rings is 1. The number of hydrogen-bond acceptors (Lipinski definition) is 3. The minimum absolute atomic E-state index is 0.0157. The molecular formula is C11H12N2O5. The number of carboxylic acid groups (broad SMARTS) is 2. The van der Waals surface area contributed by atoms with E-state index in [0.29, 0.717) is 11.1 Å². The van der Waals surface area contributed by atoms with E-state index in [4.69, 9.17) is 10.2 Å². The van der Waals surface area contributed by atoms with Crippen molar-refractivity contribution in [2.24, 2.45) is 7.05 Å². The van der Waals surface area contributed by atoms with E-state index in [0.717, 1.165) is 4.90 Å². The Morgan fingerprint density at radius 3 is 2.50 bits per heavy atom. The molecule has 0 spiro atoms. The molecule has 0 aromatic carbocycles. The van der Waals surface area contributed by atoms with Gasteiger partial charge in [0.25, 0.3) is 5.56 Å². The molecule has 7 heteroatoms. The van der Waals surface area contributed by atoms with E-state index in [1.54, 1.807) is 0 Å². The largest absolute Gasteiger partial charge is 0.478 e. The van der Waals surface area contributed by atoms with Gasteiger partial charge < -0.3 is 19.7 Å².